The van der Waals surface area contributed by atoms with Gasteiger partial charge in [-0.05, 0) is 61.2 Å². The Morgan fingerprint density at radius 2 is 2.10 bits per heavy atom. The maximum Gasteiger partial charge on any atom is 0.321 e. The van der Waals surface area contributed by atoms with Crippen LogP contribution < -0.4 is 15.4 Å². The Kier molecular flexibility index (Phi) is 8.09. The molecule has 6 rings (SSSR count). The van der Waals surface area contributed by atoms with Crippen molar-refractivity contribution in [3.8, 4) is 5.88 Å². The first kappa shape index (κ1) is 26.2. The van der Waals surface area contributed by atoms with E-state index in [4.69, 9.17) is 9.47 Å². The number of anilines is 1. The zero-order valence-electron chi connectivity index (χ0n) is 21.8. The van der Waals surface area contributed by atoms with E-state index in [9.17, 15) is 4.79 Å². The zero-order chi connectivity index (χ0) is 26.6. The topological polar surface area (TPSA) is 119 Å². The number of carbonyl (C=O) groups is 1. The van der Waals surface area contributed by atoms with E-state index in [0.717, 1.165) is 60.8 Å². The van der Waals surface area contributed by atoms with E-state index < -0.39 is 0 Å². The minimum Gasteiger partial charge on any atom is -0.473 e. The number of morpholine rings is 1. The van der Waals surface area contributed by atoms with Crippen molar-refractivity contribution in [2.75, 3.05) is 44.7 Å². The number of fused-ring (bicyclic) bond motifs is 2. The molecule has 206 valence electrons. The van der Waals surface area contributed by atoms with Gasteiger partial charge in [0.25, 0.3) is 0 Å². The van der Waals surface area contributed by atoms with Gasteiger partial charge < -0.3 is 14.8 Å². The van der Waals surface area contributed by atoms with Crippen LogP contribution in [-0.2, 0) is 4.74 Å². The van der Waals surface area contributed by atoms with E-state index in [1.54, 1.807) is 4.52 Å². The van der Waals surface area contributed by atoms with Gasteiger partial charge in [0, 0.05) is 37.1 Å². The third-order valence-electron chi connectivity index (χ3n) is 6.99. The molecule has 1 saturated heterocycles. The molecule has 0 spiro atoms. The number of amides is 2. The van der Waals surface area contributed by atoms with Crippen molar-refractivity contribution in [2.24, 2.45) is 5.92 Å². The average molecular weight is 569 g/mol. The number of rotatable bonds is 8. The van der Waals surface area contributed by atoms with Crippen LogP contribution in [0.5, 0.6) is 5.88 Å². The van der Waals surface area contributed by atoms with Crippen molar-refractivity contribution >= 4 is 50.1 Å². The van der Waals surface area contributed by atoms with Gasteiger partial charge in [0.15, 0.2) is 10.8 Å². The minimum atomic E-state index is -0.251. The Labute approximate surface area is 234 Å². The lowest BCUT2D eigenvalue weighted by Crippen LogP contribution is -2.42. The van der Waals surface area contributed by atoms with E-state index in [2.05, 4.69) is 42.7 Å². The fraction of sp³-hybridized carbons (Fsp3) is 0.500. The second-order valence-corrected chi connectivity index (χ2v) is 12.1. The quantitative estimate of drug-likeness (QED) is 0.321. The Morgan fingerprint density at radius 1 is 1.21 bits per heavy atom. The predicted molar refractivity (Wildman–Crippen MR) is 151 cm³/mol. The van der Waals surface area contributed by atoms with Crippen molar-refractivity contribution in [1.29, 1.82) is 0 Å². The molecule has 4 aromatic rings. The second kappa shape index (κ2) is 12.0. The van der Waals surface area contributed by atoms with E-state index in [1.807, 2.05) is 30.3 Å². The monoisotopic (exact) mass is 568 g/mol. The van der Waals surface area contributed by atoms with E-state index >= 15 is 0 Å². The SMILES string of the molecule is CC1CCCC(Oc2ccc3nnc(Sc4ccc5nc(NC(=O)NCCN6CCOCC6)sc5c4)n3n2)C1. The van der Waals surface area contributed by atoms with Crippen LogP contribution in [-0.4, -0.2) is 81.2 Å². The molecule has 13 heteroatoms. The van der Waals surface area contributed by atoms with Crippen molar-refractivity contribution in [3.05, 3.63) is 30.3 Å². The highest BCUT2D eigenvalue weighted by Gasteiger charge is 2.21. The average Bonchev–Trinajstić information content (AvgIpc) is 3.52. The fourth-order valence-electron chi connectivity index (χ4n) is 4.96. The smallest absolute Gasteiger partial charge is 0.321 e. The molecule has 11 nitrogen and oxygen atoms in total. The molecule has 1 aromatic carbocycles. The molecule has 1 aliphatic heterocycles. The third-order valence-corrected chi connectivity index (χ3v) is 8.85. The molecule has 4 heterocycles. The number of urea groups is 1. The lowest BCUT2D eigenvalue weighted by atomic mass is 9.89. The maximum absolute atomic E-state index is 12.4. The van der Waals surface area contributed by atoms with Crippen LogP contribution >= 0.6 is 23.1 Å². The summed E-state index contributed by atoms with van der Waals surface area (Å²) in [6, 6.07) is 9.49. The Balaban J connectivity index is 1.08. The van der Waals surface area contributed by atoms with Crippen LogP contribution in [0, 0.1) is 5.92 Å². The third kappa shape index (κ3) is 6.60. The number of ether oxygens (including phenoxy) is 2. The summed E-state index contributed by atoms with van der Waals surface area (Å²) < 4.78 is 14.3. The van der Waals surface area contributed by atoms with Crippen LogP contribution in [0.4, 0.5) is 9.93 Å². The highest BCUT2D eigenvalue weighted by Crippen LogP contribution is 2.33. The summed E-state index contributed by atoms with van der Waals surface area (Å²) >= 11 is 2.92. The number of hydrogen-bond acceptors (Lipinski definition) is 10. The molecule has 1 saturated carbocycles. The number of aromatic nitrogens is 5. The van der Waals surface area contributed by atoms with Crippen LogP contribution in [0.3, 0.4) is 0 Å². The molecule has 1 aliphatic carbocycles. The predicted octanol–water partition coefficient (Wildman–Crippen LogP) is 4.30. The molecule has 2 unspecified atom stereocenters. The number of benzene rings is 1. The van der Waals surface area contributed by atoms with Gasteiger partial charge in [-0.1, -0.05) is 24.7 Å². The summed E-state index contributed by atoms with van der Waals surface area (Å²) in [5, 5.41) is 20.3. The van der Waals surface area contributed by atoms with Crippen molar-refractivity contribution < 1.29 is 14.3 Å². The van der Waals surface area contributed by atoms with Gasteiger partial charge in [0.1, 0.15) is 6.10 Å². The van der Waals surface area contributed by atoms with E-state index in [1.165, 1.54) is 35.9 Å². The number of nitrogens with zero attached hydrogens (tertiary/aromatic N) is 6. The van der Waals surface area contributed by atoms with Crippen molar-refractivity contribution in [3.63, 3.8) is 0 Å². The highest BCUT2D eigenvalue weighted by atomic mass is 32.2. The fourth-order valence-corrected chi connectivity index (χ4v) is 6.76. The summed E-state index contributed by atoms with van der Waals surface area (Å²) in [5.41, 5.74) is 1.50. The molecule has 3 aromatic heterocycles. The van der Waals surface area contributed by atoms with Gasteiger partial charge in [-0.15, -0.1) is 15.3 Å². The summed E-state index contributed by atoms with van der Waals surface area (Å²) in [7, 11) is 0. The number of carbonyl (C=O) groups excluding carboxylic acids is 1. The van der Waals surface area contributed by atoms with Gasteiger partial charge in [-0.25, -0.2) is 9.78 Å². The van der Waals surface area contributed by atoms with Crippen molar-refractivity contribution in [1.82, 2.24) is 35.0 Å². The summed E-state index contributed by atoms with van der Waals surface area (Å²) in [6.07, 6.45) is 4.79. The Morgan fingerprint density at radius 3 is 2.97 bits per heavy atom. The Bertz CT molecular complexity index is 1440. The van der Waals surface area contributed by atoms with Crippen molar-refractivity contribution in [2.45, 2.75) is 48.8 Å². The standard InChI is InChI=1S/C26H32N8O3S2/c1-17-3-2-4-18(15-17)37-23-8-7-22-30-31-26(34(22)32-23)38-19-5-6-20-21(16-19)39-25(28-20)29-24(35)27-9-10-33-11-13-36-14-12-33/h5-8,16-18H,2-4,9-15H2,1H3,(H2,27,28,29,35). The maximum atomic E-state index is 12.4. The first-order valence-electron chi connectivity index (χ1n) is 13.4. The lowest BCUT2D eigenvalue weighted by molar-refractivity contribution is 0.0388. The van der Waals surface area contributed by atoms with Gasteiger partial charge >= 0.3 is 6.03 Å². The van der Waals surface area contributed by atoms with Gasteiger partial charge in [0.2, 0.25) is 11.0 Å². The van der Waals surface area contributed by atoms with Crippen LogP contribution in [0.15, 0.2) is 40.4 Å². The first-order valence-corrected chi connectivity index (χ1v) is 15.0. The molecule has 2 fully saturated rings. The van der Waals surface area contributed by atoms with E-state index in [0.29, 0.717) is 34.3 Å². The summed E-state index contributed by atoms with van der Waals surface area (Å²) in [4.78, 5) is 20.2. The summed E-state index contributed by atoms with van der Waals surface area (Å²) in [5.74, 6) is 1.28. The van der Waals surface area contributed by atoms with Gasteiger partial charge in [0.05, 0.1) is 23.4 Å². The van der Waals surface area contributed by atoms with E-state index in [-0.39, 0.29) is 12.1 Å². The summed E-state index contributed by atoms with van der Waals surface area (Å²) in [6.45, 7) is 6.95. The molecule has 2 aliphatic rings. The molecule has 2 amide bonds. The van der Waals surface area contributed by atoms with Crippen LogP contribution in [0.25, 0.3) is 15.9 Å². The largest absolute Gasteiger partial charge is 0.473 e. The minimum absolute atomic E-state index is 0.203. The molecular weight excluding hydrogens is 536 g/mol. The normalized spacial score (nSPS) is 20.3. The molecular formula is C26H32N8O3S2. The zero-order valence-corrected chi connectivity index (χ0v) is 23.5. The molecule has 2 atom stereocenters. The highest BCUT2D eigenvalue weighted by molar-refractivity contribution is 7.99. The number of hydrogen-bond donors (Lipinski definition) is 2. The Hall–Kier alpha value is -3.00. The number of thiazole rings is 1. The number of nitrogens with one attached hydrogen (secondary N) is 2. The van der Waals surface area contributed by atoms with Gasteiger partial charge in [-0.2, -0.15) is 4.52 Å². The van der Waals surface area contributed by atoms with Crippen LogP contribution in [0.1, 0.15) is 32.6 Å². The van der Waals surface area contributed by atoms with Crippen LogP contribution in [0.2, 0.25) is 0 Å². The molecule has 39 heavy (non-hydrogen) atoms. The molecule has 0 radical (unpaired) electrons. The first-order chi connectivity index (χ1) is 19.1. The lowest BCUT2D eigenvalue weighted by Gasteiger charge is -2.26. The van der Waals surface area contributed by atoms with Gasteiger partial charge in [-0.3, -0.25) is 10.2 Å². The molecule has 0 bridgehead atoms. The molecule has 2 N–H and O–H groups in total. The second-order valence-electron chi connectivity index (χ2n) is 10.0.